The van der Waals surface area contributed by atoms with E-state index in [0.29, 0.717) is 0 Å². The molecule has 0 amide bonds. The molecule has 3 heteroatoms. The van der Waals surface area contributed by atoms with Gasteiger partial charge in [0.25, 0.3) is 0 Å². The van der Waals surface area contributed by atoms with Crippen molar-refractivity contribution in [3.05, 3.63) is 29.5 Å². The first-order valence-electron chi connectivity index (χ1n) is 5.30. The van der Waals surface area contributed by atoms with Gasteiger partial charge in [-0.15, -0.1) is 0 Å². The van der Waals surface area contributed by atoms with E-state index < -0.39 is 0 Å². The van der Waals surface area contributed by atoms with Gasteiger partial charge < -0.3 is 10.1 Å². The fraction of sp³-hybridized carbons (Fsp3) is 0.308. The summed E-state index contributed by atoms with van der Waals surface area (Å²) in [4.78, 5) is 4.55. The Bertz CT molecular complexity index is 535. The molecule has 0 bridgehead atoms. The van der Waals surface area contributed by atoms with E-state index in [-0.39, 0.29) is 0 Å². The third-order valence-electron chi connectivity index (χ3n) is 2.75. The zero-order valence-corrected chi connectivity index (χ0v) is 10.1. The third kappa shape index (κ3) is 1.58. The molecule has 2 aromatic rings. The molecule has 1 heterocycles. The number of anilines is 1. The predicted octanol–water partition coefficient (Wildman–Crippen LogP) is 2.90. The Hall–Kier alpha value is -1.77. The molecule has 1 N–H and O–H groups in total. The van der Waals surface area contributed by atoms with Crippen molar-refractivity contribution in [2.45, 2.75) is 13.8 Å². The standard InChI is InChI=1S/C13H16N2O/c1-8-5-6-11(16-4)13-12(8)10(14-3)7-9(2)15-13/h5-7H,1-4H3,(H,14,15). The lowest BCUT2D eigenvalue weighted by Crippen LogP contribution is -1.97. The zero-order chi connectivity index (χ0) is 11.7. The Morgan fingerprint density at radius 1 is 1.25 bits per heavy atom. The maximum absolute atomic E-state index is 5.35. The molecule has 0 fully saturated rings. The number of pyridine rings is 1. The van der Waals surface area contributed by atoms with Crippen LogP contribution in [0.1, 0.15) is 11.3 Å². The lowest BCUT2D eigenvalue weighted by molar-refractivity contribution is 0.419. The average molecular weight is 216 g/mol. The van der Waals surface area contributed by atoms with Gasteiger partial charge in [0.1, 0.15) is 11.3 Å². The third-order valence-corrected chi connectivity index (χ3v) is 2.75. The molecule has 2 rings (SSSR count). The molecule has 1 aromatic heterocycles. The van der Waals surface area contributed by atoms with Crippen molar-refractivity contribution in [1.82, 2.24) is 4.98 Å². The van der Waals surface area contributed by atoms with Crippen LogP contribution in [0.3, 0.4) is 0 Å². The minimum absolute atomic E-state index is 0.820. The number of nitrogens with one attached hydrogen (secondary N) is 1. The fourth-order valence-corrected chi connectivity index (χ4v) is 1.98. The molecule has 0 saturated heterocycles. The minimum Gasteiger partial charge on any atom is -0.494 e. The zero-order valence-electron chi connectivity index (χ0n) is 10.1. The van der Waals surface area contributed by atoms with Crippen LogP contribution >= 0.6 is 0 Å². The number of hydrogen-bond acceptors (Lipinski definition) is 3. The van der Waals surface area contributed by atoms with Crippen LogP contribution in [0, 0.1) is 13.8 Å². The van der Waals surface area contributed by atoms with E-state index in [1.165, 1.54) is 5.56 Å². The Morgan fingerprint density at radius 2 is 2.00 bits per heavy atom. The summed E-state index contributed by atoms with van der Waals surface area (Å²) in [6, 6.07) is 6.07. The molecule has 0 atom stereocenters. The van der Waals surface area contributed by atoms with E-state index in [1.807, 2.05) is 20.0 Å². The molecule has 0 saturated carbocycles. The topological polar surface area (TPSA) is 34.2 Å². The number of aryl methyl sites for hydroxylation is 2. The number of benzene rings is 1. The lowest BCUT2D eigenvalue weighted by Gasteiger charge is -2.12. The van der Waals surface area contributed by atoms with Gasteiger partial charge in [0.2, 0.25) is 0 Å². The monoisotopic (exact) mass is 216 g/mol. The van der Waals surface area contributed by atoms with Crippen molar-refractivity contribution in [3.63, 3.8) is 0 Å². The molecule has 0 aliphatic carbocycles. The molecular weight excluding hydrogens is 200 g/mol. The van der Waals surface area contributed by atoms with Gasteiger partial charge >= 0.3 is 0 Å². The van der Waals surface area contributed by atoms with Crippen LogP contribution in [0.15, 0.2) is 18.2 Å². The lowest BCUT2D eigenvalue weighted by atomic mass is 10.1. The van der Waals surface area contributed by atoms with E-state index in [0.717, 1.165) is 28.0 Å². The molecule has 0 aliphatic rings. The molecular formula is C13H16N2O. The smallest absolute Gasteiger partial charge is 0.145 e. The second kappa shape index (κ2) is 4.00. The fourth-order valence-electron chi connectivity index (χ4n) is 1.98. The number of nitrogens with zero attached hydrogens (tertiary/aromatic N) is 1. The van der Waals surface area contributed by atoms with E-state index in [1.54, 1.807) is 7.11 Å². The Morgan fingerprint density at radius 3 is 2.62 bits per heavy atom. The van der Waals surface area contributed by atoms with Crippen molar-refractivity contribution in [2.75, 3.05) is 19.5 Å². The minimum atomic E-state index is 0.820. The first-order chi connectivity index (χ1) is 7.67. The molecule has 3 nitrogen and oxygen atoms in total. The number of hydrogen-bond donors (Lipinski definition) is 1. The largest absolute Gasteiger partial charge is 0.494 e. The van der Waals surface area contributed by atoms with Gasteiger partial charge in [0.15, 0.2) is 0 Å². The maximum atomic E-state index is 5.35. The molecule has 84 valence electrons. The second-order valence-electron chi connectivity index (χ2n) is 3.87. The maximum Gasteiger partial charge on any atom is 0.145 e. The summed E-state index contributed by atoms with van der Waals surface area (Å²) in [5.41, 5.74) is 4.21. The number of fused-ring (bicyclic) bond motifs is 1. The van der Waals surface area contributed by atoms with Crippen LogP contribution in [0.25, 0.3) is 10.9 Å². The summed E-state index contributed by atoms with van der Waals surface area (Å²) >= 11 is 0. The predicted molar refractivity (Wildman–Crippen MR) is 67.3 cm³/mol. The van der Waals surface area contributed by atoms with Gasteiger partial charge in [-0.3, -0.25) is 0 Å². The van der Waals surface area contributed by atoms with E-state index in [9.17, 15) is 0 Å². The van der Waals surface area contributed by atoms with Crippen LogP contribution < -0.4 is 10.1 Å². The normalized spacial score (nSPS) is 10.5. The quantitative estimate of drug-likeness (QED) is 0.838. The Labute approximate surface area is 95.5 Å². The first kappa shape index (κ1) is 10.7. The van der Waals surface area contributed by atoms with Crippen LogP contribution in [0.5, 0.6) is 5.75 Å². The van der Waals surface area contributed by atoms with Crippen LogP contribution in [-0.4, -0.2) is 19.1 Å². The van der Waals surface area contributed by atoms with Crippen molar-refractivity contribution in [3.8, 4) is 5.75 Å². The molecule has 0 aliphatic heterocycles. The Kier molecular flexibility index (Phi) is 2.69. The summed E-state index contributed by atoms with van der Waals surface area (Å²) in [7, 11) is 3.60. The Balaban J connectivity index is 2.91. The van der Waals surface area contributed by atoms with Crippen molar-refractivity contribution < 1.29 is 4.74 Å². The van der Waals surface area contributed by atoms with E-state index in [4.69, 9.17) is 4.74 Å². The van der Waals surface area contributed by atoms with Crippen molar-refractivity contribution >= 4 is 16.6 Å². The van der Waals surface area contributed by atoms with Crippen LogP contribution in [-0.2, 0) is 0 Å². The molecule has 0 spiro atoms. The van der Waals surface area contributed by atoms with Gasteiger partial charge in [-0.1, -0.05) is 6.07 Å². The second-order valence-corrected chi connectivity index (χ2v) is 3.87. The highest BCUT2D eigenvalue weighted by atomic mass is 16.5. The van der Waals surface area contributed by atoms with E-state index >= 15 is 0 Å². The van der Waals surface area contributed by atoms with Gasteiger partial charge in [-0.2, -0.15) is 0 Å². The van der Waals surface area contributed by atoms with Gasteiger partial charge in [0.05, 0.1) is 7.11 Å². The number of methoxy groups -OCH3 is 1. The SMILES string of the molecule is CNc1cc(C)nc2c(OC)ccc(C)c12. The summed E-state index contributed by atoms with van der Waals surface area (Å²) < 4.78 is 5.35. The summed E-state index contributed by atoms with van der Waals surface area (Å²) in [6.07, 6.45) is 0. The molecule has 1 aromatic carbocycles. The summed E-state index contributed by atoms with van der Waals surface area (Å²) in [5.74, 6) is 0.820. The molecule has 0 unspecified atom stereocenters. The number of aromatic nitrogens is 1. The van der Waals surface area contributed by atoms with Crippen molar-refractivity contribution in [2.24, 2.45) is 0 Å². The number of rotatable bonds is 2. The van der Waals surface area contributed by atoms with Gasteiger partial charge in [-0.05, 0) is 31.5 Å². The highest BCUT2D eigenvalue weighted by Gasteiger charge is 2.10. The number of ether oxygens (including phenoxy) is 1. The molecule has 16 heavy (non-hydrogen) atoms. The highest BCUT2D eigenvalue weighted by molar-refractivity contribution is 5.97. The van der Waals surface area contributed by atoms with Crippen molar-refractivity contribution in [1.29, 1.82) is 0 Å². The van der Waals surface area contributed by atoms with Gasteiger partial charge in [0, 0.05) is 23.8 Å². The van der Waals surface area contributed by atoms with Crippen LogP contribution in [0.2, 0.25) is 0 Å². The van der Waals surface area contributed by atoms with E-state index in [2.05, 4.69) is 29.4 Å². The average Bonchev–Trinajstić information content (AvgIpc) is 2.28. The summed E-state index contributed by atoms with van der Waals surface area (Å²) in [6.45, 7) is 4.07. The first-order valence-corrected chi connectivity index (χ1v) is 5.30. The molecule has 0 radical (unpaired) electrons. The highest BCUT2D eigenvalue weighted by Crippen LogP contribution is 2.32. The summed E-state index contributed by atoms with van der Waals surface area (Å²) in [5, 5.41) is 4.34. The van der Waals surface area contributed by atoms with Gasteiger partial charge in [-0.25, -0.2) is 4.98 Å². The van der Waals surface area contributed by atoms with Crippen LogP contribution in [0.4, 0.5) is 5.69 Å².